The number of aromatic nitrogens is 2. The summed E-state index contributed by atoms with van der Waals surface area (Å²) in [5.41, 5.74) is 0.0161. The number of fused-ring (bicyclic) bond motifs is 1. The highest BCUT2D eigenvalue weighted by Gasteiger charge is 2.30. The Balaban J connectivity index is 1.55. The highest BCUT2D eigenvalue weighted by atomic mass is 32.2. The monoisotopic (exact) mass is 405 g/mol. The van der Waals surface area contributed by atoms with Crippen LogP contribution in [0.4, 0.5) is 8.78 Å². The first-order valence-corrected chi connectivity index (χ1v) is 10.2. The van der Waals surface area contributed by atoms with Crippen molar-refractivity contribution in [1.29, 1.82) is 0 Å². The molecule has 3 aromatic rings. The summed E-state index contributed by atoms with van der Waals surface area (Å²) < 4.78 is 54.6. The molecule has 9 heteroatoms. The Hall–Kier alpha value is -2.65. The van der Waals surface area contributed by atoms with Crippen molar-refractivity contribution in [2.75, 3.05) is 13.1 Å². The van der Waals surface area contributed by atoms with Crippen molar-refractivity contribution in [1.82, 2.24) is 13.9 Å². The standard InChI is InChI=1S/C19H17F2N3O3S/c20-13-1-4-16(5-2-13)28(26,27)23-9-7-15(8-10-23)24-12-22-18-11-14(21)3-6-17(18)19(24)25/h1-6,11-12,15H,7-10H2. The maximum Gasteiger partial charge on any atom is 0.261 e. The summed E-state index contributed by atoms with van der Waals surface area (Å²) in [5.74, 6) is -0.961. The van der Waals surface area contributed by atoms with Gasteiger partial charge in [0.2, 0.25) is 10.0 Å². The van der Waals surface area contributed by atoms with Crippen LogP contribution < -0.4 is 5.56 Å². The lowest BCUT2D eigenvalue weighted by Crippen LogP contribution is -2.40. The molecule has 28 heavy (non-hydrogen) atoms. The molecule has 0 aliphatic carbocycles. The second-order valence-electron chi connectivity index (χ2n) is 6.71. The quantitative estimate of drug-likeness (QED) is 0.672. The lowest BCUT2D eigenvalue weighted by atomic mass is 10.1. The summed E-state index contributed by atoms with van der Waals surface area (Å²) in [6.07, 6.45) is 2.27. The molecule has 1 aromatic heterocycles. The van der Waals surface area contributed by atoms with E-state index in [2.05, 4.69) is 4.98 Å². The number of nitrogens with zero attached hydrogens (tertiary/aromatic N) is 3. The Morgan fingerprint density at radius 2 is 1.61 bits per heavy atom. The van der Waals surface area contributed by atoms with Gasteiger partial charge in [0.15, 0.2) is 0 Å². The number of hydrogen-bond donors (Lipinski definition) is 0. The predicted molar refractivity (Wildman–Crippen MR) is 99.4 cm³/mol. The van der Waals surface area contributed by atoms with Crippen molar-refractivity contribution in [2.24, 2.45) is 0 Å². The number of benzene rings is 2. The second kappa shape index (κ2) is 7.06. The van der Waals surface area contributed by atoms with Gasteiger partial charge in [-0.05, 0) is 49.2 Å². The van der Waals surface area contributed by atoms with Crippen LogP contribution in [-0.4, -0.2) is 35.4 Å². The smallest absolute Gasteiger partial charge is 0.261 e. The van der Waals surface area contributed by atoms with Gasteiger partial charge in [-0.25, -0.2) is 22.2 Å². The van der Waals surface area contributed by atoms with Gasteiger partial charge in [-0.1, -0.05) is 0 Å². The van der Waals surface area contributed by atoms with E-state index in [1.165, 1.54) is 45.5 Å². The van der Waals surface area contributed by atoms with Gasteiger partial charge in [-0.15, -0.1) is 0 Å². The summed E-state index contributed by atoms with van der Waals surface area (Å²) >= 11 is 0. The van der Waals surface area contributed by atoms with Crippen LogP contribution in [0.3, 0.4) is 0 Å². The summed E-state index contributed by atoms with van der Waals surface area (Å²) in [5, 5.41) is 0.324. The largest absolute Gasteiger partial charge is 0.296 e. The molecule has 0 unspecified atom stereocenters. The third kappa shape index (κ3) is 3.31. The van der Waals surface area contributed by atoms with E-state index in [-0.39, 0.29) is 35.1 Å². The maximum absolute atomic E-state index is 13.3. The highest BCUT2D eigenvalue weighted by molar-refractivity contribution is 7.89. The number of halogens is 2. The van der Waals surface area contributed by atoms with Gasteiger partial charge < -0.3 is 0 Å². The van der Waals surface area contributed by atoms with Crippen LogP contribution in [0.15, 0.2) is 58.5 Å². The van der Waals surface area contributed by atoms with E-state index in [0.29, 0.717) is 18.2 Å². The molecule has 0 saturated carbocycles. The molecule has 1 aliphatic heterocycles. The Bertz CT molecular complexity index is 1190. The molecule has 0 spiro atoms. The topological polar surface area (TPSA) is 72.3 Å². The average molecular weight is 405 g/mol. The van der Waals surface area contributed by atoms with Crippen molar-refractivity contribution in [2.45, 2.75) is 23.8 Å². The van der Waals surface area contributed by atoms with Gasteiger partial charge in [-0.3, -0.25) is 9.36 Å². The minimum absolute atomic E-state index is 0.0407. The molecule has 0 N–H and O–H groups in total. The lowest BCUT2D eigenvalue weighted by Gasteiger charge is -2.32. The molecule has 146 valence electrons. The predicted octanol–water partition coefficient (Wildman–Crippen LogP) is 2.70. The van der Waals surface area contributed by atoms with Gasteiger partial charge >= 0.3 is 0 Å². The fourth-order valence-corrected chi connectivity index (χ4v) is 4.95. The minimum Gasteiger partial charge on any atom is -0.296 e. The average Bonchev–Trinajstić information content (AvgIpc) is 2.68. The van der Waals surface area contributed by atoms with Crippen molar-refractivity contribution < 1.29 is 17.2 Å². The van der Waals surface area contributed by atoms with Crippen LogP contribution in [-0.2, 0) is 10.0 Å². The number of piperidine rings is 1. The van der Waals surface area contributed by atoms with Crippen LogP contribution >= 0.6 is 0 Å². The first-order chi connectivity index (χ1) is 13.4. The number of rotatable bonds is 3. The zero-order valence-corrected chi connectivity index (χ0v) is 15.6. The van der Waals surface area contributed by atoms with Crippen LogP contribution in [0.25, 0.3) is 10.9 Å². The second-order valence-corrected chi connectivity index (χ2v) is 8.65. The zero-order chi connectivity index (χ0) is 19.9. The number of sulfonamides is 1. The summed E-state index contributed by atoms with van der Waals surface area (Å²) in [6, 6.07) is 8.35. The molecule has 0 atom stereocenters. The van der Waals surface area contributed by atoms with E-state index in [1.54, 1.807) is 0 Å². The molecule has 0 amide bonds. The molecular formula is C19H17F2N3O3S. The van der Waals surface area contributed by atoms with E-state index < -0.39 is 21.7 Å². The highest BCUT2D eigenvalue weighted by Crippen LogP contribution is 2.26. The van der Waals surface area contributed by atoms with Gasteiger partial charge in [0, 0.05) is 25.2 Å². The normalized spacial score (nSPS) is 16.5. The van der Waals surface area contributed by atoms with Crippen LogP contribution in [0.1, 0.15) is 18.9 Å². The molecule has 1 fully saturated rings. The first-order valence-electron chi connectivity index (χ1n) is 8.78. The van der Waals surface area contributed by atoms with Gasteiger partial charge in [-0.2, -0.15) is 4.31 Å². The Morgan fingerprint density at radius 3 is 2.29 bits per heavy atom. The Labute approximate surface area is 160 Å². The van der Waals surface area contributed by atoms with Crippen molar-refractivity contribution >= 4 is 20.9 Å². The third-order valence-corrected chi connectivity index (χ3v) is 6.93. The fraction of sp³-hybridized carbons (Fsp3) is 0.263. The minimum atomic E-state index is -3.71. The van der Waals surface area contributed by atoms with Crippen LogP contribution in [0.2, 0.25) is 0 Å². The third-order valence-electron chi connectivity index (χ3n) is 5.01. The van der Waals surface area contributed by atoms with Crippen LogP contribution in [0.5, 0.6) is 0 Å². The molecule has 0 radical (unpaired) electrons. The molecule has 2 aromatic carbocycles. The molecule has 6 nitrogen and oxygen atoms in total. The molecular weight excluding hydrogens is 388 g/mol. The van der Waals surface area contributed by atoms with Crippen molar-refractivity contribution in [3.05, 3.63) is 70.8 Å². The van der Waals surface area contributed by atoms with Crippen molar-refractivity contribution in [3.8, 4) is 0 Å². The van der Waals surface area contributed by atoms with Gasteiger partial charge in [0.05, 0.1) is 22.1 Å². The number of hydrogen-bond acceptors (Lipinski definition) is 4. The summed E-state index contributed by atoms with van der Waals surface area (Å²) in [4.78, 5) is 16.9. The molecule has 0 bridgehead atoms. The molecule has 4 rings (SSSR count). The summed E-state index contributed by atoms with van der Waals surface area (Å²) in [7, 11) is -3.71. The Morgan fingerprint density at radius 1 is 0.964 bits per heavy atom. The van der Waals surface area contributed by atoms with Gasteiger partial charge in [0.1, 0.15) is 11.6 Å². The summed E-state index contributed by atoms with van der Waals surface area (Å²) in [6.45, 7) is 0.469. The van der Waals surface area contributed by atoms with E-state index in [4.69, 9.17) is 0 Å². The maximum atomic E-state index is 13.3. The zero-order valence-electron chi connectivity index (χ0n) is 14.8. The van der Waals surface area contributed by atoms with Gasteiger partial charge in [0.25, 0.3) is 5.56 Å². The Kier molecular flexibility index (Phi) is 4.72. The van der Waals surface area contributed by atoms with E-state index >= 15 is 0 Å². The molecule has 2 heterocycles. The van der Waals surface area contributed by atoms with E-state index in [1.807, 2.05) is 0 Å². The van der Waals surface area contributed by atoms with E-state index in [0.717, 1.165) is 12.1 Å². The fourth-order valence-electron chi connectivity index (χ4n) is 3.48. The first kappa shape index (κ1) is 18.7. The van der Waals surface area contributed by atoms with E-state index in [9.17, 15) is 22.0 Å². The lowest BCUT2D eigenvalue weighted by molar-refractivity contribution is 0.269. The molecule has 1 aliphatic rings. The molecule has 1 saturated heterocycles. The SMILES string of the molecule is O=c1c2ccc(F)cc2ncn1C1CCN(S(=O)(=O)c2ccc(F)cc2)CC1. The van der Waals surface area contributed by atoms with Crippen molar-refractivity contribution in [3.63, 3.8) is 0 Å². The van der Waals surface area contributed by atoms with Crippen LogP contribution in [0, 0.1) is 11.6 Å².